The van der Waals surface area contributed by atoms with Crippen LogP contribution in [0.5, 0.6) is 0 Å². The molecule has 0 aliphatic heterocycles. The largest absolute Gasteiger partial charge is 0.467 e. The van der Waals surface area contributed by atoms with Crippen LogP contribution in [0.3, 0.4) is 0 Å². The van der Waals surface area contributed by atoms with Crippen molar-refractivity contribution in [2.24, 2.45) is 0 Å². The van der Waals surface area contributed by atoms with E-state index in [4.69, 9.17) is 16.0 Å². The number of furan rings is 1. The lowest BCUT2D eigenvalue weighted by Gasteiger charge is -2.19. The normalized spacial score (nSPS) is 14.2. The zero-order chi connectivity index (χ0) is 14.8. The number of thiophene rings is 1. The number of hydrogen-bond donors (Lipinski definition) is 1. The standard InChI is InChI=1S/C15H15ClN2OS2/c1-9-8-20-15(17-9)10(2)18-14(11-4-3-7-19-11)12-5-6-13(16)21-12/h3-8,10,14,18H,1-2H3. The molecule has 2 atom stereocenters. The van der Waals surface area contributed by atoms with E-state index in [9.17, 15) is 0 Å². The van der Waals surface area contributed by atoms with Gasteiger partial charge < -0.3 is 4.42 Å². The summed E-state index contributed by atoms with van der Waals surface area (Å²) >= 11 is 9.31. The summed E-state index contributed by atoms with van der Waals surface area (Å²) in [5.74, 6) is 0.883. The molecule has 0 spiro atoms. The molecule has 0 amide bonds. The summed E-state index contributed by atoms with van der Waals surface area (Å²) in [7, 11) is 0. The first kappa shape index (κ1) is 14.8. The van der Waals surface area contributed by atoms with E-state index in [2.05, 4.69) is 22.6 Å². The van der Waals surface area contributed by atoms with E-state index in [1.807, 2.05) is 31.2 Å². The Hall–Kier alpha value is -1.14. The van der Waals surface area contributed by atoms with Gasteiger partial charge in [0, 0.05) is 16.0 Å². The number of aryl methyl sites for hydroxylation is 1. The fraction of sp³-hybridized carbons (Fsp3) is 0.267. The van der Waals surface area contributed by atoms with E-state index >= 15 is 0 Å². The average molecular weight is 339 g/mol. The fourth-order valence-electron chi connectivity index (χ4n) is 2.14. The number of hydrogen-bond acceptors (Lipinski definition) is 5. The molecular weight excluding hydrogens is 324 g/mol. The highest BCUT2D eigenvalue weighted by atomic mass is 35.5. The Morgan fingerprint density at radius 1 is 1.33 bits per heavy atom. The highest BCUT2D eigenvalue weighted by Gasteiger charge is 2.22. The summed E-state index contributed by atoms with van der Waals surface area (Å²) in [6, 6.07) is 7.95. The van der Waals surface area contributed by atoms with Gasteiger partial charge in [0.2, 0.25) is 0 Å². The molecule has 0 fully saturated rings. The van der Waals surface area contributed by atoms with Crippen molar-refractivity contribution in [3.8, 4) is 0 Å². The number of aromatic nitrogens is 1. The molecule has 3 aromatic heterocycles. The predicted octanol–water partition coefficient (Wildman–Crippen LogP) is 5.20. The summed E-state index contributed by atoms with van der Waals surface area (Å²) in [6.45, 7) is 4.12. The molecule has 21 heavy (non-hydrogen) atoms. The van der Waals surface area contributed by atoms with Gasteiger partial charge in [0.05, 0.1) is 16.6 Å². The summed E-state index contributed by atoms with van der Waals surface area (Å²) in [5.41, 5.74) is 1.05. The van der Waals surface area contributed by atoms with E-state index in [0.29, 0.717) is 0 Å². The lowest BCUT2D eigenvalue weighted by molar-refractivity contribution is 0.422. The topological polar surface area (TPSA) is 38.1 Å². The molecule has 3 nitrogen and oxygen atoms in total. The van der Waals surface area contributed by atoms with Crippen molar-refractivity contribution in [2.45, 2.75) is 25.9 Å². The number of halogens is 1. The predicted molar refractivity (Wildman–Crippen MR) is 88.3 cm³/mol. The molecule has 3 rings (SSSR count). The third kappa shape index (κ3) is 3.37. The van der Waals surface area contributed by atoms with Crippen LogP contribution in [-0.4, -0.2) is 4.98 Å². The average Bonchev–Trinajstić information content (AvgIpc) is 3.17. The third-order valence-electron chi connectivity index (χ3n) is 3.13. The van der Waals surface area contributed by atoms with Crippen LogP contribution >= 0.6 is 34.3 Å². The summed E-state index contributed by atoms with van der Waals surface area (Å²) in [5, 5.41) is 6.73. The Bertz CT molecular complexity index is 705. The van der Waals surface area contributed by atoms with Crippen molar-refractivity contribution in [3.63, 3.8) is 0 Å². The molecule has 110 valence electrons. The zero-order valence-electron chi connectivity index (χ0n) is 11.7. The van der Waals surface area contributed by atoms with Crippen LogP contribution in [0, 0.1) is 6.92 Å². The number of rotatable bonds is 5. The Balaban J connectivity index is 1.86. The van der Waals surface area contributed by atoms with Gasteiger partial charge in [-0.3, -0.25) is 5.32 Å². The lowest BCUT2D eigenvalue weighted by atomic mass is 10.1. The maximum absolute atomic E-state index is 6.07. The molecule has 0 radical (unpaired) electrons. The Labute approximate surface area is 136 Å². The van der Waals surface area contributed by atoms with Crippen LogP contribution in [0.1, 0.15) is 40.3 Å². The summed E-state index contributed by atoms with van der Waals surface area (Å²) < 4.78 is 6.36. The van der Waals surface area contributed by atoms with E-state index in [-0.39, 0.29) is 12.1 Å². The van der Waals surface area contributed by atoms with Gasteiger partial charge in [0.15, 0.2) is 0 Å². The highest BCUT2D eigenvalue weighted by molar-refractivity contribution is 7.16. The minimum atomic E-state index is -0.0169. The molecule has 1 N–H and O–H groups in total. The maximum atomic E-state index is 6.07. The van der Waals surface area contributed by atoms with Gasteiger partial charge in [-0.05, 0) is 38.1 Å². The first-order valence-electron chi connectivity index (χ1n) is 6.60. The van der Waals surface area contributed by atoms with Crippen LogP contribution < -0.4 is 5.32 Å². The van der Waals surface area contributed by atoms with E-state index in [1.165, 1.54) is 0 Å². The lowest BCUT2D eigenvalue weighted by Crippen LogP contribution is -2.24. The number of thiazole rings is 1. The summed E-state index contributed by atoms with van der Waals surface area (Å²) in [6.07, 6.45) is 1.69. The monoisotopic (exact) mass is 338 g/mol. The van der Waals surface area contributed by atoms with Crippen LogP contribution in [0.4, 0.5) is 0 Å². The van der Waals surface area contributed by atoms with Gasteiger partial charge >= 0.3 is 0 Å². The van der Waals surface area contributed by atoms with Crippen molar-refractivity contribution in [1.82, 2.24) is 10.3 Å². The second-order valence-electron chi connectivity index (χ2n) is 4.81. The molecule has 0 aliphatic carbocycles. The molecule has 3 heterocycles. The van der Waals surface area contributed by atoms with Crippen molar-refractivity contribution < 1.29 is 4.42 Å². The van der Waals surface area contributed by atoms with Crippen LogP contribution in [0.15, 0.2) is 40.3 Å². The number of nitrogens with zero attached hydrogens (tertiary/aromatic N) is 1. The fourth-order valence-corrected chi connectivity index (χ4v) is 4.08. The first-order valence-corrected chi connectivity index (χ1v) is 8.67. The van der Waals surface area contributed by atoms with Crippen LogP contribution in [0.2, 0.25) is 4.34 Å². The first-order chi connectivity index (χ1) is 10.1. The van der Waals surface area contributed by atoms with Crippen molar-refractivity contribution >= 4 is 34.3 Å². The SMILES string of the molecule is Cc1csc(C(C)NC(c2ccco2)c2ccc(Cl)s2)n1. The van der Waals surface area contributed by atoms with Crippen LogP contribution in [-0.2, 0) is 0 Å². The maximum Gasteiger partial charge on any atom is 0.126 e. The quantitative estimate of drug-likeness (QED) is 0.694. The third-order valence-corrected chi connectivity index (χ3v) is 5.57. The molecule has 2 unspecified atom stereocenters. The molecule has 3 aromatic rings. The number of nitrogens with one attached hydrogen (secondary N) is 1. The Morgan fingerprint density at radius 2 is 2.19 bits per heavy atom. The molecule has 0 saturated carbocycles. The van der Waals surface area contributed by atoms with Gasteiger partial charge in [0.25, 0.3) is 0 Å². The Morgan fingerprint density at radius 3 is 2.76 bits per heavy atom. The molecule has 6 heteroatoms. The second kappa shape index (κ2) is 6.32. The van der Waals surface area contributed by atoms with Crippen molar-refractivity contribution in [1.29, 1.82) is 0 Å². The zero-order valence-corrected chi connectivity index (χ0v) is 14.1. The minimum absolute atomic E-state index is 0.0169. The smallest absolute Gasteiger partial charge is 0.126 e. The van der Waals surface area contributed by atoms with E-state index in [1.54, 1.807) is 28.9 Å². The van der Waals surface area contributed by atoms with Crippen molar-refractivity contribution in [2.75, 3.05) is 0 Å². The van der Waals surface area contributed by atoms with Crippen LogP contribution in [0.25, 0.3) is 0 Å². The van der Waals surface area contributed by atoms with Gasteiger partial charge in [-0.2, -0.15) is 0 Å². The highest BCUT2D eigenvalue weighted by Crippen LogP contribution is 2.33. The summed E-state index contributed by atoms with van der Waals surface area (Å²) in [4.78, 5) is 5.68. The molecule has 0 bridgehead atoms. The molecule has 0 aromatic carbocycles. The minimum Gasteiger partial charge on any atom is -0.467 e. The van der Waals surface area contributed by atoms with E-state index < -0.39 is 0 Å². The van der Waals surface area contributed by atoms with Gasteiger partial charge in [-0.1, -0.05) is 11.6 Å². The van der Waals surface area contributed by atoms with Gasteiger partial charge in [-0.15, -0.1) is 22.7 Å². The van der Waals surface area contributed by atoms with Gasteiger partial charge in [0.1, 0.15) is 16.8 Å². The van der Waals surface area contributed by atoms with E-state index in [0.717, 1.165) is 25.7 Å². The Kier molecular flexibility index (Phi) is 4.45. The van der Waals surface area contributed by atoms with Gasteiger partial charge in [-0.25, -0.2) is 4.98 Å². The molecular formula is C15H15ClN2OS2. The molecule has 0 aliphatic rings. The van der Waals surface area contributed by atoms with Crippen molar-refractivity contribution in [3.05, 3.63) is 61.6 Å². The second-order valence-corrected chi connectivity index (χ2v) is 7.44. The molecule has 0 saturated heterocycles.